The second-order valence-electron chi connectivity index (χ2n) is 6.03. The fourth-order valence-electron chi connectivity index (χ4n) is 2.96. The van der Waals surface area contributed by atoms with Crippen molar-refractivity contribution in [1.29, 1.82) is 0 Å². The Morgan fingerprint density at radius 1 is 1.15 bits per heavy atom. The quantitative estimate of drug-likeness (QED) is 0.602. The number of benzene rings is 2. The zero-order valence-electron chi connectivity index (χ0n) is 14.3. The van der Waals surface area contributed by atoms with E-state index in [1.165, 1.54) is 0 Å². The summed E-state index contributed by atoms with van der Waals surface area (Å²) in [5.41, 5.74) is 4.26. The maximum absolute atomic E-state index is 11.4. The standard InChI is InChI=1S/C20H19ClN2O3/c1-13-18(17(22-20(24)25)11-14-5-3-2-4-6-14)19(26-23-13)16-9-7-15(12-21)8-10-16/h2-10,17,22H,11-12H2,1H3,(H,24,25)/t17-/m1/s1. The van der Waals surface area contributed by atoms with Gasteiger partial charge in [0.1, 0.15) is 0 Å². The second kappa shape index (κ2) is 8.06. The molecule has 1 atom stereocenters. The number of carbonyl (C=O) groups is 1. The maximum atomic E-state index is 11.4. The molecule has 134 valence electrons. The van der Waals surface area contributed by atoms with Gasteiger partial charge in [-0.05, 0) is 24.5 Å². The molecule has 0 spiro atoms. The molecule has 3 aromatic rings. The van der Waals surface area contributed by atoms with Crippen molar-refractivity contribution in [3.63, 3.8) is 0 Å². The number of rotatable bonds is 6. The predicted octanol–water partition coefficient (Wildman–Crippen LogP) is 4.94. The molecule has 0 aliphatic rings. The Kier molecular flexibility index (Phi) is 5.58. The molecule has 5 nitrogen and oxygen atoms in total. The topological polar surface area (TPSA) is 75.4 Å². The molecule has 0 saturated carbocycles. The van der Waals surface area contributed by atoms with E-state index in [0.717, 1.165) is 22.3 Å². The van der Waals surface area contributed by atoms with Crippen LogP contribution in [0.15, 0.2) is 59.1 Å². The first-order valence-corrected chi connectivity index (χ1v) is 8.76. The van der Waals surface area contributed by atoms with Crippen LogP contribution in [0.4, 0.5) is 4.79 Å². The zero-order chi connectivity index (χ0) is 18.5. The lowest BCUT2D eigenvalue weighted by Gasteiger charge is -2.18. The highest BCUT2D eigenvalue weighted by molar-refractivity contribution is 6.17. The van der Waals surface area contributed by atoms with Crippen molar-refractivity contribution in [2.24, 2.45) is 0 Å². The molecule has 1 aromatic heterocycles. The van der Waals surface area contributed by atoms with E-state index in [9.17, 15) is 9.90 Å². The first kappa shape index (κ1) is 18.0. The molecule has 2 aromatic carbocycles. The highest BCUT2D eigenvalue weighted by atomic mass is 35.5. The van der Waals surface area contributed by atoms with Crippen LogP contribution in [0.2, 0.25) is 0 Å². The van der Waals surface area contributed by atoms with Crippen LogP contribution in [-0.2, 0) is 12.3 Å². The van der Waals surface area contributed by atoms with Crippen molar-refractivity contribution in [3.8, 4) is 11.3 Å². The first-order valence-electron chi connectivity index (χ1n) is 8.23. The first-order chi connectivity index (χ1) is 12.6. The normalized spacial score (nSPS) is 11.9. The van der Waals surface area contributed by atoms with E-state index in [-0.39, 0.29) is 0 Å². The van der Waals surface area contributed by atoms with Gasteiger partial charge >= 0.3 is 6.09 Å². The molecule has 1 amide bonds. The van der Waals surface area contributed by atoms with Crippen LogP contribution in [0, 0.1) is 6.92 Å². The minimum atomic E-state index is -1.09. The summed E-state index contributed by atoms with van der Waals surface area (Å²) >= 11 is 5.85. The van der Waals surface area contributed by atoms with Crippen LogP contribution in [0.25, 0.3) is 11.3 Å². The molecule has 0 aliphatic carbocycles. The van der Waals surface area contributed by atoms with E-state index in [2.05, 4.69) is 10.5 Å². The number of amides is 1. The van der Waals surface area contributed by atoms with Crippen molar-refractivity contribution < 1.29 is 14.4 Å². The molecule has 2 N–H and O–H groups in total. The number of alkyl halides is 1. The minimum Gasteiger partial charge on any atom is -0.465 e. The number of nitrogens with one attached hydrogen (secondary N) is 1. The monoisotopic (exact) mass is 370 g/mol. The van der Waals surface area contributed by atoms with E-state index >= 15 is 0 Å². The van der Waals surface area contributed by atoms with Gasteiger partial charge < -0.3 is 14.9 Å². The van der Waals surface area contributed by atoms with Gasteiger partial charge in [-0.1, -0.05) is 59.8 Å². The molecule has 0 unspecified atom stereocenters. The number of hydrogen-bond donors (Lipinski definition) is 2. The Bertz CT molecular complexity index is 876. The molecule has 1 heterocycles. The van der Waals surface area contributed by atoms with Gasteiger partial charge in [0.25, 0.3) is 0 Å². The summed E-state index contributed by atoms with van der Waals surface area (Å²) in [7, 11) is 0. The lowest BCUT2D eigenvalue weighted by atomic mass is 9.95. The van der Waals surface area contributed by atoms with Gasteiger partial charge in [-0.3, -0.25) is 0 Å². The van der Waals surface area contributed by atoms with Crippen molar-refractivity contribution in [1.82, 2.24) is 10.5 Å². The lowest BCUT2D eigenvalue weighted by Crippen LogP contribution is -2.29. The Balaban J connectivity index is 2.00. The molecule has 0 fully saturated rings. The molecule has 0 saturated heterocycles. The van der Waals surface area contributed by atoms with E-state index < -0.39 is 12.1 Å². The number of aromatic nitrogens is 1. The SMILES string of the molecule is Cc1noc(-c2ccc(CCl)cc2)c1[C@@H](Cc1ccccc1)NC(=O)O. The summed E-state index contributed by atoms with van der Waals surface area (Å²) in [6.45, 7) is 1.82. The van der Waals surface area contributed by atoms with Crippen molar-refractivity contribution in [2.75, 3.05) is 0 Å². The van der Waals surface area contributed by atoms with E-state index in [0.29, 0.717) is 23.8 Å². The Labute approximate surface area is 156 Å². The average Bonchev–Trinajstić information content (AvgIpc) is 3.03. The molecule has 6 heteroatoms. The highest BCUT2D eigenvalue weighted by Gasteiger charge is 2.25. The largest absolute Gasteiger partial charge is 0.465 e. The summed E-state index contributed by atoms with van der Waals surface area (Å²) in [6, 6.07) is 16.9. The number of aryl methyl sites for hydroxylation is 1. The Morgan fingerprint density at radius 3 is 2.46 bits per heavy atom. The van der Waals surface area contributed by atoms with Gasteiger partial charge in [0.15, 0.2) is 5.76 Å². The minimum absolute atomic E-state index is 0.430. The summed E-state index contributed by atoms with van der Waals surface area (Å²) < 4.78 is 5.54. The van der Waals surface area contributed by atoms with Gasteiger partial charge in [0.05, 0.1) is 11.7 Å². The van der Waals surface area contributed by atoms with Crippen molar-refractivity contribution >= 4 is 17.7 Å². The Hall–Kier alpha value is -2.79. The number of hydrogen-bond acceptors (Lipinski definition) is 3. The third-order valence-electron chi connectivity index (χ3n) is 4.21. The molecule has 0 radical (unpaired) electrons. The third kappa shape index (κ3) is 4.06. The fourth-order valence-corrected chi connectivity index (χ4v) is 3.14. The van der Waals surface area contributed by atoms with Gasteiger partial charge in [0, 0.05) is 17.0 Å². The summed E-state index contributed by atoms with van der Waals surface area (Å²) in [6.07, 6.45) is -0.586. The number of carboxylic acid groups (broad SMARTS) is 1. The fraction of sp³-hybridized carbons (Fsp3) is 0.200. The molecular formula is C20H19ClN2O3. The molecule has 3 rings (SSSR count). The second-order valence-corrected chi connectivity index (χ2v) is 6.30. The number of nitrogens with zero attached hydrogens (tertiary/aromatic N) is 1. The molecule has 26 heavy (non-hydrogen) atoms. The van der Waals surface area contributed by atoms with Crippen molar-refractivity contribution in [2.45, 2.75) is 25.3 Å². The van der Waals surface area contributed by atoms with Crippen LogP contribution in [-0.4, -0.2) is 16.4 Å². The predicted molar refractivity (Wildman–Crippen MR) is 100 cm³/mol. The highest BCUT2D eigenvalue weighted by Crippen LogP contribution is 2.33. The molecular weight excluding hydrogens is 352 g/mol. The van der Waals surface area contributed by atoms with Gasteiger partial charge in [-0.15, -0.1) is 11.6 Å². The summed E-state index contributed by atoms with van der Waals surface area (Å²) in [4.78, 5) is 11.4. The molecule has 0 bridgehead atoms. The van der Waals surface area contributed by atoms with Gasteiger partial charge in [-0.2, -0.15) is 0 Å². The average molecular weight is 371 g/mol. The number of halogens is 1. The van der Waals surface area contributed by atoms with Crippen LogP contribution in [0.1, 0.15) is 28.4 Å². The van der Waals surface area contributed by atoms with Gasteiger partial charge in [-0.25, -0.2) is 4.79 Å². The molecule has 0 aliphatic heterocycles. The van der Waals surface area contributed by atoms with Crippen LogP contribution in [0.5, 0.6) is 0 Å². The maximum Gasteiger partial charge on any atom is 0.405 e. The zero-order valence-corrected chi connectivity index (χ0v) is 15.0. The smallest absolute Gasteiger partial charge is 0.405 e. The third-order valence-corrected chi connectivity index (χ3v) is 4.52. The summed E-state index contributed by atoms with van der Waals surface area (Å²) in [5, 5.41) is 16.0. The van der Waals surface area contributed by atoms with Gasteiger partial charge in [0.2, 0.25) is 0 Å². The Morgan fingerprint density at radius 2 is 1.85 bits per heavy atom. The van der Waals surface area contributed by atoms with E-state index in [4.69, 9.17) is 16.1 Å². The van der Waals surface area contributed by atoms with E-state index in [1.807, 2.05) is 61.5 Å². The van der Waals surface area contributed by atoms with E-state index in [1.54, 1.807) is 0 Å². The summed E-state index contributed by atoms with van der Waals surface area (Å²) in [5.74, 6) is 0.998. The van der Waals surface area contributed by atoms with Crippen LogP contribution < -0.4 is 5.32 Å². The van der Waals surface area contributed by atoms with Crippen LogP contribution in [0.3, 0.4) is 0 Å². The van der Waals surface area contributed by atoms with Crippen LogP contribution >= 0.6 is 11.6 Å². The van der Waals surface area contributed by atoms with Crippen molar-refractivity contribution in [3.05, 3.63) is 77.0 Å². The lowest BCUT2D eigenvalue weighted by molar-refractivity contribution is 0.190.